The minimum atomic E-state index is 0.156. The lowest BCUT2D eigenvalue weighted by molar-refractivity contribution is 0.280. The van der Waals surface area contributed by atoms with Crippen LogP contribution >= 0.6 is 0 Å². The molecule has 0 heterocycles. The van der Waals surface area contributed by atoms with Crippen molar-refractivity contribution in [1.29, 1.82) is 0 Å². The second-order valence-corrected chi connectivity index (χ2v) is 3.65. The van der Waals surface area contributed by atoms with Crippen LogP contribution in [0.3, 0.4) is 0 Å². The molecule has 1 nitrogen and oxygen atoms in total. The van der Waals surface area contributed by atoms with Gasteiger partial charge < -0.3 is 5.11 Å². The van der Waals surface area contributed by atoms with Crippen molar-refractivity contribution in [3.63, 3.8) is 0 Å². The predicted octanol–water partition coefficient (Wildman–Crippen LogP) is 2.86. The van der Waals surface area contributed by atoms with E-state index in [1.807, 2.05) is 12.1 Å². The van der Waals surface area contributed by atoms with Gasteiger partial charge in [0.05, 0.1) is 6.61 Å². The molecule has 0 amide bonds. The summed E-state index contributed by atoms with van der Waals surface area (Å²) in [6.45, 7) is 6.68. The second kappa shape index (κ2) is 4.43. The summed E-state index contributed by atoms with van der Waals surface area (Å²) in [6.07, 6.45) is 1.00. The van der Waals surface area contributed by atoms with Gasteiger partial charge in [-0.15, -0.1) is 0 Å². The van der Waals surface area contributed by atoms with Crippen molar-refractivity contribution in [2.45, 2.75) is 39.7 Å². The third kappa shape index (κ3) is 2.10. The van der Waals surface area contributed by atoms with E-state index in [4.69, 9.17) is 5.11 Å². The molecule has 13 heavy (non-hydrogen) atoms. The first-order valence-corrected chi connectivity index (χ1v) is 4.92. The van der Waals surface area contributed by atoms with Gasteiger partial charge in [0.25, 0.3) is 0 Å². The van der Waals surface area contributed by atoms with Crippen molar-refractivity contribution in [1.82, 2.24) is 0 Å². The Morgan fingerprint density at radius 1 is 1.31 bits per heavy atom. The normalized spacial score (nSPS) is 10.8. The summed E-state index contributed by atoms with van der Waals surface area (Å²) in [7, 11) is 0. The second-order valence-electron chi connectivity index (χ2n) is 3.65. The summed E-state index contributed by atoms with van der Waals surface area (Å²) in [5.74, 6) is 0.543. The smallest absolute Gasteiger partial charge is 0.0684 e. The van der Waals surface area contributed by atoms with Crippen molar-refractivity contribution in [2.24, 2.45) is 0 Å². The van der Waals surface area contributed by atoms with E-state index in [1.54, 1.807) is 0 Å². The van der Waals surface area contributed by atoms with Crippen LogP contribution in [0.1, 0.15) is 43.4 Å². The molecular weight excluding hydrogens is 160 g/mol. The van der Waals surface area contributed by atoms with Crippen molar-refractivity contribution < 1.29 is 5.11 Å². The molecule has 72 valence electrons. The maximum Gasteiger partial charge on any atom is 0.0684 e. The molecule has 0 fully saturated rings. The summed E-state index contributed by atoms with van der Waals surface area (Å²) >= 11 is 0. The van der Waals surface area contributed by atoms with Crippen LogP contribution in [0.4, 0.5) is 0 Å². The standard InChI is InChI=1S/C12H18O/c1-4-11-10(8-13)6-5-7-12(11)9(2)3/h5-7,9,13H,4,8H2,1-3H3. The molecule has 0 unspecified atom stereocenters. The third-order valence-corrected chi connectivity index (χ3v) is 2.46. The molecule has 1 rings (SSSR count). The Kier molecular flexibility index (Phi) is 3.49. The molecular formula is C12H18O. The summed E-state index contributed by atoms with van der Waals surface area (Å²) in [4.78, 5) is 0. The van der Waals surface area contributed by atoms with E-state index in [1.165, 1.54) is 11.1 Å². The van der Waals surface area contributed by atoms with Gasteiger partial charge >= 0.3 is 0 Å². The van der Waals surface area contributed by atoms with Gasteiger partial charge in [-0.3, -0.25) is 0 Å². The van der Waals surface area contributed by atoms with Gasteiger partial charge in [-0.25, -0.2) is 0 Å². The first kappa shape index (κ1) is 10.3. The first-order valence-electron chi connectivity index (χ1n) is 4.92. The van der Waals surface area contributed by atoms with Gasteiger partial charge in [-0.05, 0) is 29.0 Å². The molecule has 0 radical (unpaired) electrons. The average Bonchev–Trinajstić information content (AvgIpc) is 2.16. The first-order chi connectivity index (χ1) is 6.20. The Hall–Kier alpha value is -0.820. The Morgan fingerprint density at radius 3 is 2.46 bits per heavy atom. The van der Waals surface area contributed by atoms with Crippen LogP contribution in [-0.2, 0) is 13.0 Å². The summed E-state index contributed by atoms with van der Waals surface area (Å²) in [5, 5.41) is 9.16. The highest BCUT2D eigenvalue weighted by molar-refractivity contribution is 5.36. The molecule has 0 saturated heterocycles. The van der Waals surface area contributed by atoms with Gasteiger partial charge in [0.2, 0.25) is 0 Å². The average molecular weight is 178 g/mol. The van der Waals surface area contributed by atoms with Gasteiger partial charge in [0.15, 0.2) is 0 Å². The fraction of sp³-hybridized carbons (Fsp3) is 0.500. The fourth-order valence-corrected chi connectivity index (χ4v) is 1.77. The highest BCUT2D eigenvalue weighted by Gasteiger charge is 2.08. The van der Waals surface area contributed by atoms with Crippen LogP contribution in [0.2, 0.25) is 0 Å². The molecule has 1 aromatic carbocycles. The minimum absolute atomic E-state index is 0.156. The monoisotopic (exact) mass is 178 g/mol. The lowest BCUT2D eigenvalue weighted by Crippen LogP contribution is -2.00. The van der Waals surface area contributed by atoms with Crippen molar-refractivity contribution in [3.05, 3.63) is 34.9 Å². The van der Waals surface area contributed by atoms with E-state index >= 15 is 0 Å². The Bertz CT molecular complexity index is 276. The van der Waals surface area contributed by atoms with E-state index in [-0.39, 0.29) is 6.61 Å². The molecule has 0 saturated carbocycles. The number of aliphatic hydroxyl groups excluding tert-OH is 1. The number of benzene rings is 1. The molecule has 0 aromatic heterocycles. The minimum Gasteiger partial charge on any atom is -0.392 e. The van der Waals surface area contributed by atoms with E-state index in [2.05, 4.69) is 26.8 Å². The van der Waals surface area contributed by atoms with Crippen molar-refractivity contribution >= 4 is 0 Å². The van der Waals surface area contributed by atoms with E-state index in [0.717, 1.165) is 12.0 Å². The molecule has 0 aliphatic carbocycles. The van der Waals surface area contributed by atoms with Gasteiger partial charge in [-0.1, -0.05) is 39.0 Å². The Balaban J connectivity index is 3.19. The topological polar surface area (TPSA) is 20.2 Å². The highest BCUT2D eigenvalue weighted by atomic mass is 16.3. The zero-order valence-corrected chi connectivity index (χ0v) is 8.67. The van der Waals surface area contributed by atoms with Crippen LogP contribution in [0.15, 0.2) is 18.2 Å². The maximum atomic E-state index is 9.16. The Morgan fingerprint density at radius 2 is 2.00 bits per heavy atom. The van der Waals surface area contributed by atoms with Crippen molar-refractivity contribution in [2.75, 3.05) is 0 Å². The molecule has 0 aliphatic rings. The van der Waals surface area contributed by atoms with Gasteiger partial charge in [-0.2, -0.15) is 0 Å². The molecule has 0 atom stereocenters. The fourth-order valence-electron chi connectivity index (χ4n) is 1.77. The Labute approximate surface area is 80.4 Å². The SMILES string of the molecule is CCc1c(CO)cccc1C(C)C. The molecule has 0 bridgehead atoms. The third-order valence-electron chi connectivity index (χ3n) is 2.46. The van der Waals surface area contributed by atoms with E-state index in [0.29, 0.717) is 5.92 Å². The molecule has 1 N–H and O–H groups in total. The van der Waals surface area contributed by atoms with Crippen LogP contribution < -0.4 is 0 Å². The predicted molar refractivity (Wildman–Crippen MR) is 55.8 cm³/mol. The number of hydrogen-bond acceptors (Lipinski definition) is 1. The number of hydrogen-bond donors (Lipinski definition) is 1. The molecule has 0 aliphatic heterocycles. The highest BCUT2D eigenvalue weighted by Crippen LogP contribution is 2.23. The number of rotatable bonds is 3. The van der Waals surface area contributed by atoms with E-state index < -0.39 is 0 Å². The molecule has 1 aromatic rings. The maximum absolute atomic E-state index is 9.16. The summed E-state index contributed by atoms with van der Waals surface area (Å²) in [5.41, 5.74) is 3.77. The largest absolute Gasteiger partial charge is 0.392 e. The molecule has 1 heteroatoms. The van der Waals surface area contributed by atoms with Gasteiger partial charge in [0, 0.05) is 0 Å². The quantitative estimate of drug-likeness (QED) is 0.754. The van der Waals surface area contributed by atoms with Crippen molar-refractivity contribution in [3.8, 4) is 0 Å². The van der Waals surface area contributed by atoms with Gasteiger partial charge in [0.1, 0.15) is 0 Å². The van der Waals surface area contributed by atoms with E-state index in [9.17, 15) is 0 Å². The van der Waals surface area contributed by atoms with Crippen LogP contribution in [0, 0.1) is 0 Å². The summed E-state index contributed by atoms with van der Waals surface area (Å²) < 4.78 is 0. The summed E-state index contributed by atoms with van der Waals surface area (Å²) in [6, 6.07) is 6.19. The zero-order valence-electron chi connectivity index (χ0n) is 8.67. The number of aliphatic hydroxyl groups is 1. The lowest BCUT2D eigenvalue weighted by atomic mass is 9.92. The van der Waals surface area contributed by atoms with Crippen LogP contribution in [0.25, 0.3) is 0 Å². The van der Waals surface area contributed by atoms with Crippen LogP contribution in [0.5, 0.6) is 0 Å². The zero-order chi connectivity index (χ0) is 9.84. The lowest BCUT2D eigenvalue weighted by Gasteiger charge is -2.14. The van der Waals surface area contributed by atoms with Crippen LogP contribution in [-0.4, -0.2) is 5.11 Å². The molecule has 0 spiro atoms.